The van der Waals surface area contributed by atoms with Crippen LogP contribution >= 0.6 is 22.6 Å². The second-order valence-electron chi connectivity index (χ2n) is 5.39. The molecule has 0 bridgehead atoms. The van der Waals surface area contributed by atoms with Crippen molar-refractivity contribution in [1.82, 2.24) is 19.5 Å². The van der Waals surface area contributed by atoms with Crippen molar-refractivity contribution >= 4 is 45.6 Å². The summed E-state index contributed by atoms with van der Waals surface area (Å²) in [4.78, 5) is 23.1. The van der Waals surface area contributed by atoms with Crippen LogP contribution in [0.15, 0.2) is 49.3 Å². The zero-order chi connectivity index (χ0) is 18.4. The monoisotopic (exact) mass is 465 g/mol. The number of nitrogens with one attached hydrogen (secondary N) is 2. The van der Waals surface area contributed by atoms with Crippen LogP contribution in [0.3, 0.4) is 0 Å². The minimum Gasteiger partial charge on any atom is -0.364 e. The SMILES string of the molecule is O=[N+]([O-])c1c(NCCCn2ccnc2)ncnc1Nc1ccc(I)cc1. The van der Waals surface area contributed by atoms with Gasteiger partial charge < -0.3 is 15.2 Å². The molecule has 2 N–H and O–H groups in total. The van der Waals surface area contributed by atoms with Crippen molar-refractivity contribution in [3.63, 3.8) is 0 Å². The van der Waals surface area contributed by atoms with Gasteiger partial charge in [-0.15, -0.1) is 0 Å². The Balaban J connectivity index is 1.70. The molecule has 1 aromatic carbocycles. The molecule has 0 aliphatic rings. The van der Waals surface area contributed by atoms with E-state index in [0.717, 1.165) is 22.2 Å². The highest BCUT2D eigenvalue weighted by Crippen LogP contribution is 2.31. The van der Waals surface area contributed by atoms with Crippen LogP contribution in [-0.4, -0.2) is 31.0 Å². The predicted molar refractivity (Wildman–Crippen MR) is 106 cm³/mol. The Kier molecular flexibility index (Phi) is 5.94. The third-order valence-electron chi connectivity index (χ3n) is 3.56. The Bertz CT molecular complexity index is 869. The molecule has 2 heterocycles. The third kappa shape index (κ3) is 4.65. The number of nitrogens with zero attached hydrogens (tertiary/aromatic N) is 5. The highest BCUT2D eigenvalue weighted by molar-refractivity contribution is 14.1. The van der Waals surface area contributed by atoms with Crippen LogP contribution in [0.5, 0.6) is 0 Å². The number of anilines is 3. The van der Waals surface area contributed by atoms with E-state index in [2.05, 4.69) is 48.2 Å². The number of imidazole rings is 1. The normalized spacial score (nSPS) is 10.5. The summed E-state index contributed by atoms with van der Waals surface area (Å²) < 4.78 is 3.02. The number of benzene rings is 1. The Hall–Kier alpha value is -2.76. The minimum absolute atomic E-state index is 0.156. The fraction of sp³-hybridized carbons (Fsp3) is 0.188. The molecule has 0 spiro atoms. The van der Waals surface area contributed by atoms with Gasteiger partial charge >= 0.3 is 5.69 Å². The fourth-order valence-electron chi connectivity index (χ4n) is 2.33. The Morgan fingerprint density at radius 1 is 1.19 bits per heavy atom. The first-order valence-electron chi connectivity index (χ1n) is 7.85. The summed E-state index contributed by atoms with van der Waals surface area (Å²) in [6, 6.07) is 7.49. The summed E-state index contributed by atoms with van der Waals surface area (Å²) in [5, 5.41) is 17.5. The van der Waals surface area contributed by atoms with Crippen LogP contribution in [0.2, 0.25) is 0 Å². The number of hydrogen-bond acceptors (Lipinski definition) is 7. The van der Waals surface area contributed by atoms with E-state index in [4.69, 9.17) is 0 Å². The molecule has 0 saturated heterocycles. The van der Waals surface area contributed by atoms with Gasteiger partial charge in [-0.3, -0.25) is 10.1 Å². The zero-order valence-corrected chi connectivity index (χ0v) is 15.8. The molecule has 10 heteroatoms. The van der Waals surface area contributed by atoms with Crippen molar-refractivity contribution in [2.45, 2.75) is 13.0 Å². The van der Waals surface area contributed by atoms with Crippen molar-refractivity contribution in [3.05, 3.63) is 63.0 Å². The minimum atomic E-state index is -0.479. The lowest BCUT2D eigenvalue weighted by atomic mass is 10.3. The van der Waals surface area contributed by atoms with E-state index in [9.17, 15) is 10.1 Å². The van der Waals surface area contributed by atoms with Gasteiger partial charge in [0, 0.05) is 34.7 Å². The molecular formula is C16H16IN7O2. The van der Waals surface area contributed by atoms with Crippen LogP contribution in [0.1, 0.15) is 6.42 Å². The van der Waals surface area contributed by atoms with E-state index in [1.54, 1.807) is 12.5 Å². The van der Waals surface area contributed by atoms with Gasteiger partial charge in [-0.2, -0.15) is 0 Å². The van der Waals surface area contributed by atoms with Gasteiger partial charge in [0.1, 0.15) is 6.33 Å². The van der Waals surface area contributed by atoms with Crippen molar-refractivity contribution in [2.24, 2.45) is 0 Å². The summed E-state index contributed by atoms with van der Waals surface area (Å²) >= 11 is 2.20. The van der Waals surface area contributed by atoms with Crippen molar-refractivity contribution < 1.29 is 4.92 Å². The van der Waals surface area contributed by atoms with E-state index in [-0.39, 0.29) is 17.3 Å². The summed E-state index contributed by atoms with van der Waals surface area (Å²) in [7, 11) is 0. The standard InChI is InChI=1S/C16H16IN7O2/c17-12-2-4-13(5-3-12)22-16-14(24(25)26)15(20-10-21-16)19-6-1-8-23-9-7-18-11-23/h2-5,7,9-11H,1,6,8H2,(H2,19,20,21,22). The fourth-order valence-corrected chi connectivity index (χ4v) is 2.69. The lowest BCUT2D eigenvalue weighted by Crippen LogP contribution is -2.10. The van der Waals surface area contributed by atoms with E-state index in [1.807, 2.05) is 35.0 Å². The molecule has 0 aliphatic heterocycles. The van der Waals surface area contributed by atoms with E-state index >= 15 is 0 Å². The van der Waals surface area contributed by atoms with Gasteiger partial charge in [0.25, 0.3) is 0 Å². The van der Waals surface area contributed by atoms with E-state index in [0.29, 0.717) is 6.54 Å². The maximum Gasteiger partial charge on any atom is 0.353 e. The number of rotatable bonds is 8. The Labute approximate surface area is 163 Å². The molecule has 0 aliphatic carbocycles. The summed E-state index contributed by atoms with van der Waals surface area (Å²) in [5.41, 5.74) is 0.548. The molecule has 0 saturated carbocycles. The summed E-state index contributed by atoms with van der Waals surface area (Å²) in [6.07, 6.45) is 7.40. The maximum absolute atomic E-state index is 11.5. The molecule has 0 radical (unpaired) electrons. The van der Waals surface area contributed by atoms with Crippen LogP contribution in [0.4, 0.5) is 23.0 Å². The Morgan fingerprint density at radius 3 is 2.65 bits per heavy atom. The number of halogens is 1. The van der Waals surface area contributed by atoms with Gasteiger partial charge in [0.15, 0.2) is 0 Å². The average Bonchev–Trinajstić information content (AvgIpc) is 3.14. The van der Waals surface area contributed by atoms with Gasteiger partial charge in [0.2, 0.25) is 11.6 Å². The highest BCUT2D eigenvalue weighted by Gasteiger charge is 2.22. The number of aromatic nitrogens is 4. The number of aryl methyl sites for hydroxylation is 1. The van der Waals surface area contributed by atoms with Gasteiger partial charge in [-0.05, 0) is 53.3 Å². The van der Waals surface area contributed by atoms with Gasteiger partial charge in [0.05, 0.1) is 11.3 Å². The molecule has 0 unspecified atom stereocenters. The lowest BCUT2D eigenvalue weighted by Gasteiger charge is -2.10. The first-order valence-corrected chi connectivity index (χ1v) is 8.93. The second kappa shape index (κ2) is 8.56. The highest BCUT2D eigenvalue weighted by atomic mass is 127. The first kappa shape index (κ1) is 18.0. The molecule has 26 heavy (non-hydrogen) atoms. The van der Waals surface area contributed by atoms with Gasteiger partial charge in [-0.25, -0.2) is 15.0 Å². The van der Waals surface area contributed by atoms with E-state index < -0.39 is 4.92 Å². The first-order chi connectivity index (χ1) is 12.6. The van der Waals surface area contributed by atoms with Crippen LogP contribution in [0.25, 0.3) is 0 Å². The average molecular weight is 465 g/mol. The summed E-state index contributed by atoms with van der Waals surface area (Å²) in [6.45, 7) is 1.30. The quantitative estimate of drug-likeness (QED) is 0.227. The predicted octanol–water partition coefficient (Wildman–Crippen LogP) is 3.43. The van der Waals surface area contributed by atoms with Crippen molar-refractivity contribution in [2.75, 3.05) is 17.2 Å². The smallest absolute Gasteiger partial charge is 0.353 e. The van der Waals surface area contributed by atoms with Crippen LogP contribution in [-0.2, 0) is 6.54 Å². The molecule has 0 fully saturated rings. The van der Waals surface area contributed by atoms with E-state index in [1.165, 1.54) is 6.33 Å². The summed E-state index contributed by atoms with van der Waals surface area (Å²) in [5.74, 6) is 0.354. The van der Waals surface area contributed by atoms with Crippen LogP contribution < -0.4 is 10.6 Å². The molecular weight excluding hydrogens is 449 g/mol. The molecule has 0 amide bonds. The van der Waals surface area contributed by atoms with Gasteiger partial charge in [-0.1, -0.05) is 0 Å². The second-order valence-corrected chi connectivity index (χ2v) is 6.63. The molecule has 9 nitrogen and oxygen atoms in total. The van der Waals surface area contributed by atoms with Crippen molar-refractivity contribution in [3.8, 4) is 0 Å². The topological polar surface area (TPSA) is 111 Å². The van der Waals surface area contributed by atoms with Crippen LogP contribution in [0, 0.1) is 13.7 Å². The van der Waals surface area contributed by atoms with Crippen molar-refractivity contribution in [1.29, 1.82) is 0 Å². The largest absolute Gasteiger partial charge is 0.364 e. The molecule has 3 rings (SSSR count). The third-order valence-corrected chi connectivity index (χ3v) is 4.28. The molecule has 2 aromatic heterocycles. The number of nitro groups is 1. The lowest BCUT2D eigenvalue weighted by molar-refractivity contribution is -0.383. The molecule has 134 valence electrons. The molecule has 0 atom stereocenters. The molecule has 3 aromatic rings. The number of hydrogen-bond donors (Lipinski definition) is 2. The maximum atomic E-state index is 11.5. The zero-order valence-electron chi connectivity index (χ0n) is 13.7. The Morgan fingerprint density at radius 2 is 1.96 bits per heavy atom.